The molecule has 2 amide bonds. The number of carbonyl (C=O) groups is 2. The summed E-state index contributed by atoms with van der Waals surface area (Å²) in [6.07, 6.45) is -0.0801. The standard InChI is InChI=1S/C32H32N2O5/c1-21(2)37-29-11-7-5-9-27(29)31(35)33-23-13-17-25(18-14-23)39-26-19-15-24(16-20-26)34-32(36)28-10-6-8-12-30(28)38-22(3)4/h5-22H,1-4H3,(H,33,35)(H,34,36). The first-order valence-electron chi connectivity index (χ1n) is 12.8. The first-order chi connectivity index (χ1) is 18.8. The topological polar surface area (TPSA) is 85.9 Å². The van der Waals surface area contributed by atoms with Gasteiger partial charge in [-0.05, 0) is 100 Å². The van der Waals surface area contributed by atoms with Gasteiger partial charge >= 0.3 is 0 Å². The van der Waals surface area contributed by atoms with Gasteiger partial charge < -0.3 is 24.8 Å². The number of benzene rings is 4. The summed E-state index contributed by atoms with van der Waals surface area (Å²) in [5, 5.41) is 5.79. The van der Waals surface area contributed by atoms with Gasteiger partial charge in [0.05, 0.1) is 23.3 Å². The maximum atomic E-state index is 12.8. The molecule has 0 atom stereocenters. The molecule has 0 spiro atoms. The van der Waals surface area contributed by atoms with E-state index in [9.17, 15) is 9.59 Å². The zero-order valence-corrected chi connectivity index (χ0v) is 22.4. The molecule has 0 saturated heterocycles. The molecule has 0 aliphatic rings. The Kier molecular flexibility index (Phi) is 8.84. The lowest BCUT2D eigenvalue weighted by atomic mass is 10.1. The van der Waals surface area contributed by atoms with Gasteiger partial charge in [-0.15, -0.1) is 0 Å². The van der Waals surface area contributed by atoms with Crippen LogP contribution in [-0.2, 0) is 0 Å². The average Bonchev–Trinajstić information content (AvgIpc) is 2.91. The third-order valence-electron chi connectivity index (χ3n) is 5.45. The number of nitrogens with one attached hydrogen (secondary N) is 2. The second-order valence-electron chi connectivity index (χ2n) is 9.38. The molecular weight excluding hydrogens is 492 g/mol. The maximum absolute atomic E-state index is 12.8. The molecule has 39 heavy (non-hydrogen) atoms. The van der Waals surface area contributed by atoms with Crippen LogP contribution in [0.3, 0.4) is 0 Å². The number of hydrogen-bond donors (Lipinski definition) is 2. The van der Waals surface area contributed by atoms with Crippen LogP contribution in [0.5, 0.6) is 23.0 Å². The molecule has 0 bridgehead atoms. The van der Waals surface area contributed by atoms with E-state index in [2.05, 4.69) is 10.6 Å². The van der Waals surface area contributed by atoms with Crippen LogP contribution in [0.2, 0.25) is 0 Å². The summed E-state index contributed by atoms with van der Waals surface area (Å²) in [6.45, 7) is 7.67. The Morgan fingerprint density at radius 1 is 0.538 bits per heavy atom. The maximum Gasteiger partial charge on any atom is 0.259 e. The molecule has 0 aliphatic heterocycles. The minimum atomic E-state index is -0.254. The number of amides is 2. The number of carbonyl (C=O) groups excluding carboxylic acids is 2. The lowest BCUT2D eigenvalue weighted by Crippen LogP contribution is -2.15. The van der Waals surface area contributed by atoms with Gasteiger partial charge in [0, 0.05) is 11.4 Å². The highest BCUT2D eigenvalue weighted by molar-refractivity contribution is 6.06. The van der Waals surface area contributed by atoms with Gasteiger partial charge in [0.1, 0.15) is 23.0 Å². The predicted octanol–water partition coefficient (Wildman–Crippen LogP) is 7.56. The van der Waals surface area contributed by atoms with Crippen molar-refractivity contribution in [1.29, 1.82) is 0 Å². The monoisotopic (exact) mass is 524 g/mol. The highest BCUT2D eigenvalue weighted by Crippen LogP contribution is 2.27. The molecular formula is C32H32N2O5. The van der Waals surface area contributed by atoms with E-state index in [1.807, 2.05) is 39.8 Å². The van der Waals surface area contributed by atoms with Gasteiger partial charge in [0.15, 0.2) is 0 Å². The summed E-state index contributed by atoms with van der Waals surface area (Å²) in [5.74, 6) is 1.78. The Bertz CT molecular complexity index is 1300. The Morgan fingerprint density at radius 2 is 0.897 bits per heavy atom. The zero-order chi connectivity index (χ0) is 27.8. The molecule has 0 unspecified atom stereocenters. The van der Waals surface area contributed by atoms with E-state index in [4.69, 9.17) is 14.2 Å². The molecule has 0 fully saturated rings. The van der Waals surface area contributed by atoms with E-state index < -0.39 is 0 Å². The van der Waals surface area contributed by atoms with Crippen LogP contribution in [0.25, 0.3) is 0 Å². The Labute approximate surface area is 228 Å². The van der Waals surface area contributed by atoms with Crippen LogP contribution < -0.4 is 24.8 Å². The molecule has 0 aromatic heterocycles. The SMILES string of the molecule is CC(C)Oc1ccccc1C(=O)Nc1ccc(Oc2ccc(NC(=O)c3ccccc3OC(C)C)cc2)cc1. The van der Waals surface area contributed by atoms with E-state index in [0.29, 0.717) is 45.5 Å². The second kappa shape index (κ2) is 12.6. The summed E-state index contributed by atoms with van der Waals surface area (Å²) < 4.78 is 17.4. The number of anilines is 2. The van der Waals surface area contributed by atoms with Crippen molar-refractivity contribution < 1.29 is 23.8 Å². The van der Waals surface area contributed by atoms with Crippen molar-refractivity contribution in [2.75, 3.05) is 10.6 Å². The quantitative estimate of drug-likeness (QED) is 0.224. The van der Waals surface area contributed by atoms with Crippen molar-refractivity contribution in [2.45, 2.75) is 39.9 Å². The van der Waals surface area contributed by atoms with E-state index in [1.54, 1.807) is 84.9 Å². The number of rotatable bonds is 10. The van der Waals surface area contributed by atoms with Crippen molar-refractivity contribution >= 4 is 23.2 Å². The molecule has 2 N–H and O–H groups in total. The summed E-state index contributed by atoms with van der Waals surface area (Å²) >= 11 is 0. The van der Waals surface area contributed by atoms with Gasteiger partial charge in [-0.1, -0.05) is 24.3 Å². The average molecular weight is 525 g/mol. The summed E-state index contributed by atoms with van der Waals surface area (Å²) in [5.41, 5.74) is 2.20. The van der Waals surface area contributed by atoms with Gasteiger partial charge in [-0.3, -0.25) is 9.59 Å². The summed E-state index contributed by atoms with van der Waals surface area (Å²) in [4.78, 5) is 25.6. The Hall–Kier alpha value is -4.78. The van der Waals surface area contributed by atoms with E-state index >= 15 is 0 Å². The van der Waals surface area contributed by atoms with Crippen molar-refractivity contribution in [2.24, 2.45) is 0 Å². The van der Waals surface area contributed by atoms with E-state index in [1.165, 1.54) is 0 Å². The zero-order valence-electron chi connectivity index (χ0n) is 22.4. The number of hydrogen-bond acceptors (Lipinski definition) is 5. The summed E-state index contributed by atoms with van der Waals surface area (Å²) in [7, 11) is 0. The first kappa shape index (κ1) is 27.3. The van der Waals surface area contributed by atoms with Crippen LogP contribution >= 0.6 is 0 Å². The van der Waals surface area contributed by atoms with Gasteiger partial charge in [0.2, 0.25) is 0 Å². The Balaban J connectivity index is 1.35. The molecule has 0 heterocycles. The summed E-state index contributed by atoms with van der Waals surface area (Å²) in [6, 6.07) is 28.5. The van der Waals surface area contributed by atoms with Crippen LogP contribution in [0, 0.1) is 0 Å². The van der Waals surface area contributed by atoms with Gasteiger partial charge in [-0.25, -0.2) is 0 Å². The third kappa shape index (κ3) is 7.61. The molecule has 200 valence electrons. The molecule has 0 radical (unpaired) electrons. The predicted molar refractivity (Wildman–Crippen MR) is 153 cm³/mol. The fourth-order valence-corrected chi connectivity index (χ4v) is 3.77. The van der Waals surface area contributed by atoms with E-state index in [0.717, 1.165) is 0 Å². The van der Waals surface area contributed by atoms with Gasteiger partial charge in [-0.2, -0.15) is 0 Å². The first-order valence-corrected chi connectivity index (χ1v) is 12.8. The molecule has 0 aliphatic carbocycles. The number of para-hydroxylation sites is 2. The lowest BCUT2D eigenvalue weighted by molar-refractivity contribution is 0.101. The van der Waals surface area contributed by atoms with Crippen molar-refractivity contribution in [3.8, 4) is 23.0 Å². The molecule has 7 heteroatoms. The molecule has 4 aromatic rings. The lowest BCUT2D eigenvalue weighted by Gasteiger charge is -2.14. The highest BCUT2D eigenvalue weighted by Gasteiger charge is 2.15. The molecule has 4 rings (SSSR count). The van der Waals surface area contributed by atoms with Crippen LogP contribution in [0.1, 0.15) is 48.4 Å². The van der Waals surface area contributed by atoms with Crippen LogP contribution in [0.15, 0.2) is 97.1 Å². The minimum absolute atomic E-state index is 0.0400. The smallest absolute Gasteiger partial charge is 0.259 e. The Morgan fingerprint density at radius 3 is 1.26 bits per heavy atom. The number of ether oxygens (including phenoxy) is 3. The fraction of sp³-hybridized carbons (Fsp3) is 0.188. The van der Waals surface area contributed by atoms with Crippen molar-refractivity contribution in [3.63, 3.8) is 0 Å². The molecule has 7 nitrogen and oxygen atoms in total. The van der Waals surface area contributed by atoms with E-state index in [-0.39, 0.29) is 24.0 Å². The van der Waals surface area contributed by atoms with Gasteiger partial charge in [0.25, 0.3) is 11.8 Å². The minimum Gasteiger partial charge on any atom is -0.490 e. The third-order valence-corrected chi connectivity index (χ3v) is 5.45. The van der Waals surface area contributed by atoms with Crippen LogP contribution in [0.4, 0.5) is 11.4 Å². The highest BCUT2D eigenvalue weighted by atomic mass is 16.5. The fourth-order valence-electron chi connectivity index (χ4n) is 3.77. The van der Waals surface area contributed by atoms with Crippen molar-refractivity contribution in [1.82, 2.24) is 0 Å². The molecule has 0 saturated carbocycles. The van der Waals surface area contributed by atoms with Crippen molar-refractivity contribution in [3.05, 3.63) is 108 Å². The molecule has 4 aromatic carbocycles. The van der Waals surface area contributed by atoms with Crippen LogP contribution in [-0.4, -0.2) is 24.0 Å². The largest absolute Gasteiger partial charge is 0.490 e. The normalized spacial score (nSPS) is 10.7. The second-order valence-corrected chi connectivity index (χ2v) is 9.38.